The minimum atomic E-state index is -0.872. The number of piperidine rings is 1. The highest BCUT2D eigenvalue weighted by atomic mass is 16.5. The Bertz CT molecular complexity index is 1360. The molecule has 2 heterocycles. The Balaban J connectivity index is 1.25. The Morgan fingerprint density at radius 3 is 2.39 bits per heavy atom. The molecule has 196 valence electrons. The standard InChI is InChI=1S/C29H30N4O5/c1-18(34)33-15-13-20(14-16-33)25(26-28(36)32-29(37)31-26)30-27(35)21-9-11-23(12-10-21)38-17-22-7-4-6-19-5-2-3-8-24(19)22/h2-12,20,25-26H,13-17H2,1H3,(H,30,35)(H2,31,32,36,37). The van der Waals surface area contributed by atoms with Gasteiger partial charge in [-0.05, 0) is 59.4 Å². The zero-order valence-corrected chi connectivity index (χ0v) is 21.1. The predicted octanol–water partition coefficient (Wildman–Crippen LogP) is 2.98. The molecule has 0 bridgehead atoms. The van der Waals surface area contributed by atoms with Gasteiger partial charge in [0.05, 0.1) is 6.04 Å². The van der Waals surface area contributed by atoms with Crippen molar-refractivity contribution in [1.82, 2.24) is 20.9 Å². The number of rotatable bonds is 7. The first-order valence-electron chi connectivity index (χ1n) is 12.8. The van der Waals surface area contributed by atoms with Crippen LogP contribution in [0.15, 0.2) is 66.7 Å². The van der Waals surface area contributed by atoms with Crippen LogP contribution in [-0.2, 0) is 16.2 Å². The van der Waals surface area contributed by atoms with Crippen LogP contribution in [0.1, 0.15) is 35.7 Å². The predicted molar refractivity (Wildman–Crippen MR) is 141 cm³/mol. The number of amides is 5. The summed E-state index contributed by atoms with van der Waals surface area (Å²) >= 11 is 0. The van der Waals surface area contributed by atoms with E-state index in [2.05, 4.69) is 34.1 Å². The number of carbonyl (C=O) groups excluding carboxylic acids is 4. The number of benzene rings is 3. The van der Waals surface area contributed by atoms with Crippen molar-refractivity contribution < 1.29 is 23.9 Å². The van der Waals surface area contributed by atoms with Gasteiger partial charge in [0.1, 0.15) is 18.4 Å². The van der Waals surface area contributed by atoms with Crippen LogP contribution in [-0.4, -0.2) is 53.8 Å². The first-order chi connectivity index (χ1) is 18.4. The number of nitrogens with zero attached hydrogens (tertiary/aromatic N) is 1. The molecular weight excluding hydrogens is 484 g/mol. The van der Waals surface area contributed by atoms with Gasteiger partial charge in [0.2, 0.25) is 5.91 Å². The number of ether oxygens (including phenoxy) is 1. The molecule has 9 heteroatoms. The molecule has 0 radical (unpaired) electrons. The van der Waals surface area contributed by atoms with E-state index in [4.69, 9.17) is 4.74 Å². The maximum Gasteiger partial charge on any atom is 0.322 e. The lowest BCUT2D eigenvalue weighted by Crippen LogP contribution is -2.56. The number of hydrogen-bond acceptors (Lipinski definition) is 5. The van der Waals surface area contributed by atoms with Crippen LogP contribution in [0, 0.1) is 5.92 Å². The molecule has 2 fully saturated rings. The van der Waals surface area contributed by atoms with Gasteiger partial charge in [0, 0.05) is 25.6 Å². The first kappa shape index (κ1) is 25.3. The third kappa shape index (κ3) is 5.46. The normalized spacial score (nSPS) is 18.6. The van der Waals surface area contributed by atoms with E-state index in [0.717, 1.165) is 16.3 Å². The molecule has 2 aliphatic rings. The van der Waals surface area contributed by atoms with E-state index in [9.17, 15) is 19.2 Å². The molecule has 0 saturated carbocycles. The van der Waals surface area contributed by atoms with Crippen molar-refractivity contribution in [2.75, 3.05) is 13.1 Å². The van der Waals surface area contributed by atoms with Gasteiger partial charge in [-0.1, -0.05) is 42.5 Å². The summed E-state index contributed by atoms with van der Waals surface area (Å²) in [5, 5.41) is 10.1. The second-order valence-electron chi connectivity index (χ2n) is 9.73. The van der Waals surface area contributed by atoms with Gasteiger partial charge in [-0.3, -0.25) is 19.7 Å². The molecule has 38 heavy (non-hydrogen) atoms. The molecular formula is C29H30N4O5. The highest BCUT2D eigenvalue weighted by Gasteiger charge is 2.42. The van der Waals surface area contributed by atoms with E-state index in [-0.39, 0.29) is 17.7 Å². The fourth-order valence-corrected chi connectivity index (χ4v) is 5.25. The average Bonchev–Trinajstić information content (AvgIpc) is 3.27. The van der Waals surface area contributed by atoms with Crippen LogP contribution in [0.2, 0.25) is 0 Å². The van der Waals surface area contributed by atoms with Gasteiger partial charge >= 0.3 is 6.03 Å². The van der Waals surface area contributed by atoms with Gasteiger partial charge in [0.15, 0.2) is 0 Å². The van der Waals surface area contributed by atoms with Crippen molar-refractivity contribution in [3.05, 3.63) is 77.9 Å². The minimum absolute atomic E-state index is 0.00120. The lowest BCUT2D eigenvalue weighted by atomic mass is 9.85. The van der Waals surface area contributed by atoms with Crippen LogP contribution in [0.4, 0.5) is 4.79 Å². The zero-order valence-electron chi connectivity index (χ0n) is 21.1. The van der Waals surface area contributed by atoms with Crippen molar-refractivity contribution in [3.63, 3.8) is 0 Å². The number of likely N-dealkylation sites (tertiary alicyclic amines) is 1. The topological polar surface area (TPSA) is 117 Å². The number of hydrogen-bond donors (Lipinski definition) is 3. The molecule has 3 aromatic carbocycles. The summed E-state index contributed by atoms with van der Waals surface area (Å²) in [5.74, 6) is -0.263. The number of carbonyl (C=O) groups is 4. The molecule has 2 saturated heterocycles. The van der Waals surface area contributed by atoms with E-state index in [1.54, 1.807) is 29.2 Å². The van der Waals surface area contributed by atoms with Crippen molar-refractivity contribution in [1.29, 1.82) is 0 Å². The third-order valence-electron chi connectivity index (χ3n) is 7.35. The fraction of sp³-hybridized carbons (Fsp3) is 0.310. The van der Waals surface area contributed by atoms with Crippen molar-refractivity contribution in [3.8, 4) is 5.75 Å². The third-order valence-corrected chi connectivity index (χ3v) is 7.35. The number of fused-ring (bicyclic) bond motifs is 1. The molecule has 9 nitrogen and oxygen atoms in total. The average molecular weight is 515 g/mol. The summed E-state index contributed by atoms with van der Waals surface area (Å²) in [6, 6.07) is 19.0. The molecule has 5 amide bonds. The van der Waals surface area contributed by atoms with Crippen LogP contribution in [0.5, 0.6) is 5.75 Å². The van der Waals surface area contributed by atoms with Gasteiger partial charge in [-0.25, -0.2) is 4.79 Å². The summed E-state index contributed by atoms with van der Waals surface area (Å²) in [5.41, 5.74) is 1.49. The molecule has 2 atom stereocenters. The SMILES string of the molecule is CC(=O)N1CCC(C(NC(=O)c2ccc(OCc3cccc4ccccc34)cc2)C2NC(=O)NC2=O)CC1. The monoisotopic (exact) mass is 514 g/mol. The van der Waals surface area contributed by atoms with Crippen LogP contribution >= 0.6 is 0 Å². The molecule has 0 spiro atoms. The molecule has 2 aliphatic heterocycles. The number of nitrogens with one attached hydrogen (secondary N) is 3. The largest absolute Gasteiger partial charge is 0.489 e. The maximum atomic E-state index is 13.2. The summed E-state index contributed by atoms with van der Waals surface area (Å²) in [6.45, 7) is 3.00. The Morgan fingerprint density at radius 1 is 1.00 bits per heavy atom. The number of urea groups is 1. The fourth-order valence-electron chi connectivity index (χ4n) is 5.25. The summed E-state index contributed by atoms with van der Waals surface area (Å²) in [6.07, 6.45) is 1.23. The lowest BCUT2D eigenvalue weighted by Gasteiger charge is -2.37. The quantitative estimate of drug-likeness (QED) is 0.419. The van der Waals surface area contributed by atoms with Gasteiger partial charge in [-0.15, -0.1) is 0 Å². The van der Waals surface area contributed by atoms with Crippen molar-refractivity contribution in [2.24, 2.45) is 5.92 Å². The summed E-state index contributed by atoms with van der Waals surface area (Å²) in [7, 11) is 0. The van der Waals surface area contributed by atoms with E-state index in [1.807, 2.05) is 24.3 Å². The summed E-state index contributed by atoms with van der Waals surface area (Å²) < 4.78 is 5.98. The highest BCUT2D eigenvalue weighted by molar-refractivity contribution is 6.05. The molecule has 2 unspecified atom stereocenters. The minimum Gasteiger partial charge on any atom is -0.489 e. The maximum absolute atomic E-state index is 13.2. The lowest BCUT2D eigenvalue weighted by molar-refractivity contribution is -0.130. The molecule has 5 rings (SSSR count). The zero-order chi connectivity index (χ0) is 26.6. The number of imide groups is 1. The molecule has 3 aromatic rings. The van der Waals surface area contributed by atoms with Gasteiger partial charge in [0.25, 0.3) is 11.8 Å². The smallest absolute Gasteiger partial charge is 0.322 e. The van der Waals surface area contributed by atoms with Crippen molar-refractivity contribution >= 4 is 34.5 Å². The molecule has 0 aromatic heterocycles. The first-order valence-corrected chi connectivity index (χ1v) is 12.8. The van der Waals surface area contributed by atoms with Crippen LogP contribution in [0.25, 0.3) is 10.8 Å². The van der Waals surface area contributed by atoms with Gasteiger partial charge in [-0.2, -0.15) is 0 Å². The Morgan fingerprint density at radius 2 is 1.71 bits per heavy atom. The molecule has 0 aliphatic carbocycles. The van der Waals surface area contributed by atoms with Crippen LogP contribution in [0.3, 0.4) is 0 Å². The molecule has 3 N–H and O–H groups in total. The highest BCUT2D eigenvalue weighted by Crippen LogP contribution is 2.25. The Hall–Kier alpha value is -4.40. The Labute approximate surface area is 220 Å². The van der Waals surface area contributed by atoms with Crippen LogP contribution < -0.4 is 20.7 Å². The van der Waals surface area contributed by atoms with E-state index < -0.39 is 24.0 Å². The van der Waals surface area contributed by atoms with Gasteiger partial charge < -0.3 is 20.3 Å². The van der Waals surface area contributed by atoms with E-state index in [0.29, 0.717) is 43.9 Å². The second kappa shape index (κ2) is 10.9. The second-order valence-corrected chi connectivity index (χ2v) is 9.73. The van der Waals surface area contributed by atoms with Crippen molar-refractivity contribution in [2.45, 2.75) is 38.5 Å². The Kier molecular flexibility index (Phi) is 7.26. The van der Waals surface area contributed by atoms with E-state index in [1.165, 1.54) is 6.92 Å². The van der Waals surface area contributed by atoms with E-state index >= 15 is 0 Å². The summed E-state index contributed by atoms with van der Waals surface area (Å²) in [4.78, 5) is 50.9.